The summed E-state index contributed by atoms with van der Waals surface area (Å²) in [6.45, 7) is 3.63. The van der Waals surface area contributed by atoms with Gasteiger partial charge in [-0.1, -0.05) is 48.5 Å². The molecule has 0 unspecified atom stereocenters. The Balaban J connectivity index is 1.53. The van der Waals surface area contributed by atoms with Gasteiger partial charge in [0.05, 0.1) is 25.1 Å². The molecule has 0 bridgehead atoms. The minimum atomic E-state index is -3.45. The van der Waals surface area contributed by atoms with E-state index in [9.17, 15) is 23.1 Å². The maximum Gasteiger partial charge on any atom is 0.344 e. The second-order valence-corrected chi connectivity index (χ2v) is 12.7. The topological polar surface area (TPSA) is 133 Å². The fourth-order valence-electron chi connectivity index (χ4n) is 5.16. The maximum absolute atomic E-state index is 13.7. The summed E-state index contributed by atoms with van der Waals surface area (Å²) in [5.74, 6) is -1.09. The largest absolute Gasteiger partial charge is 0.394 e. The second kappa shape index (κ2) is 10.6. The molecule has 0 aliphatic carbocycles. The number of anilines is 1. The van der Waals surface area contributed by atoms with Crippen molar-refractivity contribution < 1.29 is 28.0 Å². The van der Waals surface area contributed by atoms with Gasteiger partial charge in [0.25, 0.3) is 0 Å². The highest BCUT2D eigenvalue weighted by Gasteiger charge is 2.48. The van der Waals surface area contributed by atoms with Crippen molar-refractivity contribution in [3.05, 3.63) is 65.7 Å². The number of aliphatic hydroxyl groups is 1. The fraction of sp³-hybridized carbons (Fsp3) is 0.481. The number of carbonyl (C=O) groups is 2. The average Bonchev–Trinajstić information content (AvgIpc) is 3.19. The lowest BCUT2D eigenvalue weighted by molar-refractivity contribution is -0.216. The molecular weight excluding hydrogens is 508 g/mol. The molecule has 2 aliphatic rings. The predicted octanol–water partition coefficient (Wildman–Crippen LogP) is 1.39. The average molecular weight is 545 g/mol. The normalized spacial score (nSPS) is 17.9. The van der Waals surface area contributed by atoms with Gasteiger partial charge in [-0.15, -0.1) is 5.06 Å². The van der Waals surface area contributed by atoms with E-state index in [1.54, 1.807) is 4.90 Å². The number of hydrogen-bond donors (Lipinski definition) is 2. The van der Waals surface area contributed by atoms with Gasteiger partial charge in [-0.3, -0.25) is 9.10 Å². The second-order valence-electron chi connectivity index (χ2n) is 10.8. The van der Waals surface area contributed by atoms with Crippen molar-refractivity contribution in [3.8, 4) is 0 Å². The van der Waals surface area contributed by atoms with Crippen LogP contribution in [0.25, 0.3) is 0 Å². The highest BCUT2D eigenvalue weighted by Crippen LogP contribution is 2.47. The Morgan fingerprint density at radius 3 is 2.29 bits per heavy atom. The van der Waals surface area contributed by atoms with Gasteiger partial charge in [0, 0.05) is 25.0 Å². The molecule has 2 heterocycles. The molecule has 0 aromatic heterocycles. The molecule has 1 saturated heterocycles. The highest BCUT2D eigenvalue weighted by atomic mass is 32.2. The van der Waals surface area contributed by atoms with Gasteiger partial charge in [0.2, 0.25) is 15.9 Å². The summed E-state index contributed by atoms with van der Waals surface area (Å²) < 4.78 is 26.4. The summed E-state index contributed by atoms with van der Waals surface area (Å²) in [6, 6.07) is 15.6. The van der Waals surface area contributed by atoms with Gasteiger partial charge in [-0.2, -0.15) is 0 Å². The van der Waals surface area contributed by atoms with Crippen molar-refractivity contribution in [2.24, 2.45) is 5.73 Å². The molecule has 1 fully saturated rings. The van der Waals surface area contributed by atoms with Crippen LogP contribution >= 0.6 is 0 Å². The van der Waals surface area contributed by atoms with E-state index in [2.05, 4.69) is 0 Å². The molecular formula is C27H36N4O6S. The first-order valence-electron chi connectivity index (χ1n) is 12.6. The third-order valence-electron chi connectivity index (χ3n) is 7.34. The molecule has 0 radical (unpaired) electrons. The molecule has 206 valence electrons. The Morgan fingerprint density at radius 2 is 1.71 bits per heavy atom. The number of sulfonamides is 1. The highest BCUT2D eigenvalue weighted by molar-refractivity contribution is 7.92. The number of amides is 1. The summed E-state index contributed by atoms with van der Waals surface area (Å²) in [4.78, 5) is 33.5. The van der Waals surface area contributed by atoms with Crippen molar-refractivity contribution >= 4 is 27.6 Å². The van der Waals surface area contributed by atoms with Crippen LogP contribution in [-0.2, 0) is 36.4 Å². The number of aliphatic hydroxyl groups excluding tert-OH is 1. The SMILES string of the molecule is CC(C)(N)C(=O)ON(Cc1ccccc1)[C@H](CO)C(=O)N1CCC2(CC1)CN(S(C)(=O)=O)c1ccccc12. The first-order valence-corrected chi connectivity index (χ1v) is 14.5. The summed E-state index contributed by atoms with van der Waals surface area (Å²) in [5.41, 5.74) is 6.69. The van der Waals surface area contributed by atoms with E-state index < -0.39 is 39.6 Å². The number of piperidine rings is 1. The van der Waals surface area contributed by atoms with Gasteiger partial charge >= 0.3 is 5.97 Å². The number of likely N-dealkylation sites (tertiary alicyclic amines) is 1. The Morgan fingerprint density at radius 1 is 1.11 bits per heavy atom. The van der Waals surface area contributed by atoms with Crippen molar-refractivity contribution in [2.45, 2.75) is 50.2 Å². The fourth-order valence-corrected chi connectivity index (χ4v) is 6.16. The third-order valence-corrected chi connectivity index (χ3v) is 8.46. The molecule has 11 heteroatoms. The van der Waals surface area contributed by atoms with Crippen LogP contribution < -0.4 is 10.0 Å². The van der Waals surface area contributed by atoms with Crippen LogP contribution in [0.1, 0.15) is 37.8 Å². The van der Waals surface area contributed by atoms with Gasteiger partial charge < -0.3 is 20.6 Å². The molecule has 10 nitrogen and oxygen atoms in total. The lowest BCUT2D eigenvalue weighted by atomic mass is 9.74. The van der Waals surface area contributed by atoms with Crippen LogP contribution in [0.15, 0.2) is 54.6 Å². The number of nitrogens with zero attached hydrogens (tertiary/aromatic N) is 3. The minimum Gasteiger partial charge on any atom is -0.394 e. The number of carbonyl (C=O) groups excluding carboxylic acids is 2. The zero-order chi connectivity index (χ0) is 27.7. The predicted molar refractivity (Wildman–Crippen MR) is 143 cm³/mol. The number of hydrogen-bond acceptors (Lipinski definition) is 8. The molecule has 2 aliphatic heterocycles. The van der Waals surface area contributed by atoms with E-state index in [1.165, 1.54) is 29.5 Å². The molecule has 2 aromatic rings. The van der Waals surface area contributed by atoms with Gasteiger partial charge in [-0.05, 0) is 43.9 Å². The van der Waals surface area contributed by atoms with E-state index in [-0.39, 0.29) is 12.5 Å². The maximum atomic E-state index is 13.7. The Hall–Kier alpha value is -2.99. The van der Waals surface area contributed by atoms with E-state index in [0.717, 1.165) is 11.1 Å². The van der Waals surface area contributed by atoms with Crippen LogP contribution in [0.5, 0.6) is 0 Å². The van der Waals surface area contributed by atoms with Gasteiger partial charge in [0.1, 0.15) is 11.6 Å². The first kappa shape index (κ1) is 28.0. The molecule has 38 heavy (non-hydrogen) atoms. The number of hydroxylamine groups is 2. The molecule has 4 rings (SSSR count). The van der Waals surface area contributed by atoms with Crippen molar-refractivity contribution in [3.63, 3.8) is 0 Å². The van der Waals surface area contributed by atoms with Crippen molar-refractivity contribution in [1.82, 2.24) is 9.96 Å². The van der Waals surface area contributed by atoms with Crippen molar-refractivity contribution in [2.75, 3.05) is 36.8 Å². The van der Waals surface area contributed by atoms with E-state index in [0.29, 0.717) is 38.2 Å². The van der Waals surface area contributed by atoms with Crippen LogP contribution in [0.3, 0.4) is 0 Å². The van der Waals surface area contributed by atoms with Gasteiger partial charge in [-0.25, -0.2) is 13.2 Å². The standard InChI is InChI=1S/C27H36N4O6S/c1-26(2,28)25(34)37-30(17-20-9-5-4-6-10-20)23(18-32)24(33)29-15-13-27(14-16-29)19-31(38(3,35)36)22-12-8-7-11-21(22)27/h4-12,23,32H,13-19,28H2,1-3H3/t23-/m1/s1. The lowest BCUT2D eigenvalue weighted by Crippen LogP contribution is -2.56. The first-order chi connectivity index (χ1) is 17.9. The summed E-state index contributed by atoms with van der Waals surface area (Å²) in [5, 5.41) is 11.5. The van der Waals surface area contributed by atoms with Crippen LogP contribution in [0.4, 0.5) is 5.69 Å². The summed E-state index contributed by atoms with van der Waals surface area (Å²) in [7, 11) is -3.45. The molecule has 3 N–H and O–H groups in total. The number of rotatable bonds is 8. The third kappa shape index (κ3) is 5.70. The zero-order valence-electron chi connectivity index (χ0n) is 22.0. The van der Waals surface area contributed by atoms with E-state index in [4.69, 9.17) is 10.6 Å². The monoisotopic (exact) mass is 544 g/mol. The number of benzene rings is 2. The Kier molecular flexibility index (Phi) is 7.85. The lowest BCUT2D eigenvalue weighted by Gasteiger charge is -2.41. The van der Waals surface area contributed by atoms with Gasteiger partial charge in [0.15, 0.2) is 0 Å². The summed E-state index contributed by atoms with van der Waals surface area (Å²) in [6.07, 6.45) is 2.33. The Bertz CT molecular complexity index is 1270. The quantitative estimate of drug-likeness (QED) is 0.477. The minimum absolute atomic E-state index is 0.0914. The molecule has 1 amide bonds. The van der Waals surface area contributed by atoms with E-state index in [1.807, 2.05) is 54.6 Å². The van der Waals surface area contributed by atoms with Crippen LogP contribution in [0, 0.1) is 0 Å². The molecule has 1 atom stereocenters. The Labute approximate surface area is 224 Å². The number of para-hydroxylation sites is 1. The summed E-state index contributed by atoms with van der Waals surface area (Å²) >= 11 is 0. The number of nitrogens with two attached hydrogens (primary N) is 1. The number of fused-ring (bicyclic) bond motifs is 2. The van der Waals surface area contributed by atoms with Crippen LogP contribution in [0.2, 0.25) is 0 Å². The van der Waals surface area contributed by atoms with Crippen molar-refractivity contribution in [1.29, 1.82) is 0 Å². The smallest absolute Gasteiger partial charge is 0.344 e. The molecule has 2 aromatic carbocycles. The molecule has 1 spiro atoms. The van der Waals surface area contributed by atoms with Crippen LogP contribution in [-0.4, -0.2) is 79.4 Å². The zero-order valence-corrected chi connectivity index (χ0v) is 22.9. The van der Waals surface area contributed by atoms with E-state index >= 15 is 0 Å². The molecule has 0 saturated carbocycles.